The van der Waals surface area contributed by atoms with Gasteiger partial charge in [-0.25, -0.2) is 0 Å². The summed E-state index contributed by atoms with van der Waals surface area (Å²) in [6, 6.07) is 0. The van der Waals surface area contributed by atoms with Gasteiger partial charge in [-0.15, -0.1) is 0 Å². The molecule has 0 aromatic carbocycles. The summed E-state index contributed by atoms with van der Waals surface area (Å²) in [7, 11) is 3.72. The molecule has 0 unspecified atom stereocenters. The number of rotatable bonds is 2. The number of nitrogens with zero attached hydrogens (tertiary/aromatic N) is 2. The standard InChI is InChI=1S/C5H10N2/c1-4-5-6-7(2)3/h4-5H,1H2,2-3H3/b6-5+. The molecule has 0 saturated heterocycles. The van der Waals surface area contributed by atoms with Gasteiger partial charge in [0.05, 0.1) is 0 Å². The first kappa shape index (κ1) is 6.21. The first-order valence-electron chi connectivity index (χ1n) is 2.09. The fourth-order valence-corrected chi connectivity index (χ4v) is 0.180. The molecular weight excluding hydrogens is 88.1 g/mol. The maximum Gasteiger partial charge on any atom is 0.0464 e. The largest absolute Gasteiger partial charge is 0.303 e. The number of hydrazone groups is 1. The van der Waals surface area contributed by atoms with E-state index in [-0.39, 0.29) is 0 Å². The van der Waals surface area contributed by atoms with Gasteiger partial charge in [0.2, 0.25) is 0 Å². The Morgan fingerprint density at radius 3 is 2.29 bits per heavy atom. The molecule has 0 saturated carbocycles. The minimum absolute atomic E-state index is 1.64. The molecule has 0 N–H and O–H groups in total. The van der Waals surface area contributed by atoms with Crippen molar-refractivity contribution in [1.29, 1.82) is 0 Å². The van der Waals surface area contributed by atoms with Crippen molar-refractivity contribution in [2.45, 2.75) is 0 Å². The van der Waals surface area contributed by atoms with Gasteiger partial charge in [0.15, 0.2) is 0 Å². The van der Waals surface area contributed by atoms with Gasteiger partial charge in [0.25, 0.3) is 0 Å². The Balaban J connectivity index is 3.25. The Bertz CT molecular complexity index is 74.1. The lowest BCUT2D eigenvalue weighted by Gasteiger charge is -1.99. The molecule has 0 spiro atoms. The van der Waals surface area contributed by atoms with Crippen LogP contribution in [-0.4, -0.2) is 25.3 Å². The van der Waals surface area contributed by atoms with Gasteiger partial charge in [-0.1, -0.05) is 6.58 Å². The maximum absolute atomic E-state index is 3.83. The lowest BCUT2D eigenvalue weighted by Crippen LogP contribution is -2.00. The maximum atomic E-state index is 3.83. The van der Waals surface area contributed by atoms with Crippen molar-refractivity contribution in [3.8, 4) is 0 Å². The summed E-state index contributed by atoms with van der Waals surface area (Å²) in [5, 5.41) is 5.54. The molecule has 0 bridgehead atoms. The monoisotopic (exact) mass is 98.1 g/mol. The van der Waals surface area contributed by atoms with Crippen molar-refractivity contribution in [3.63, 3.8) is 0 Å². The Labute approximate surface area is 44.1 Å². The van der Waals surface area contributed by atoms with E-state index >= 15 is 0 Å². The van der Waals surface area contributed by atoms with Crippen LogP contribution in [0.3, 0.4) is 0 Å². The summed E-state index contributed by atoms with van der Waals surface area (Å²) in [6.07, 6.45) is 3.28. The van der Waals surface area contributed by atoms with E-state index in [1.54, 1.807) is 17.3 Å². The summed E-state index contributed by atoms with van der Waals surface area (Å²) < 4.78 is 0. The predicted molar refractivity (Wildman–Crippen MR) is 32.4 cm³/mol. The molecule has 0 aliphatic carbocycles. The molecule has 0 aromatic rings. The molecule has 0 radical (unpaired) electrons. The topological polar surface area (TPSA) is 15.6 Å². The second-order valence-electron chi connectivity index (χ2n) is 1.35. The van der Waals surface area contributed by atoms with Crippen molar-refractivity contribution < 1.29 is 0 Å². The molecule has 0 atom stereocenters. The van der Waals surface area contributed by atoms with Gasteiger partial charge in [-0.2, -0.15) is 5.10 Å². The zero-order valence-corrected chi connectivity index (χ0v) is 4.76. The number of hydrogen-bond donors (Lipinski definition) is 0. The zero-order chi connectivity index (χ0) is 5.70. The van der Waals surface area contributed by atoms with Gasteiger partial charge in [-0.05, 0) is 6.08 Å². The second kappa shape index (κ2) is 3.40. The molecule has 40 valence electrons. The quantitative estimate of drug-likeness (QED) is 0.367. The van der Waals surface area contributed by atoms with E-state index in [1.165, 1.54) is 0 Å². The number of allylic oxidation sites excluding steroid dienone is 1. The highest BCUT2D eigenvalue weighted by Gasteiger charge is 1.67. The zero-order valence-electron chi connectivity index (χ0n) is 4.76. The fourth-order valence-electron chi connectivity index (χ4n) is 0.180. The third-order valence-electron chi connectivity index (χ3n) is 0.403. The minimum atomic E-state index is 1.64. The Kier molecular flexibility index (Phi) is 3.02. The minimum Gasteiger partial charge on any atom is -0.303 e. The lowest BCUT2D eigenvalue weighted by molar-refractivity contribution is 0.440. The number of hydrogen-bond acceptors (Lipinski definition) is 2. The average Bonchev–Trinajstić information content (AvgIpc) is 1.61. The van der Waals surface area contributed by atoms with E-state index in [4.69, 9.17) is 0 Å². The van der Waals surface area contributed by atoms with Gasteiger partial charge >= 0.3 is 0 Å². The van der Waals surface area contributed by atoms with Crippen molar-refractivity contribution in [2.24, 2.45) is 5.10 Å². The van der Waals surface area contributed by atoms with Crippen LogP contribution >= 0.6 is 0 Å². The third kappa shape index (κ3) is 5.21. The highest BCUT2D eigenvalue weighted by molar-refractivity contribution is 5.69. The first-order valence-corrected chi connectivity index (χ1v) is 2.09. The van der Waals surface area contributed by atoms with Crippen molar-refractivity contribution in [2.75, 3.05) is 14.1 Å². The Hall–Kier alpha value is -0.790. The summed E-state index contributed by atoms with van der Waals surface area (Å²) in [5.41, 5.74) is 0. The van der Waals surface area contributed by atoms with Crippen molar-refractivity contribution in [1.82, 2.24) is 5.01 Å². The predicted octanol–water partition coefficient (Wildman–Crippen LogP) is 0.720. The van der Waals surface area contributed by atoms with Crippen LogP contribution in [0.25, 0.3) is 0 Å². The van der Waals surface area contributed by atoms with Crippen molar-refractivity contribution in [3.05, 3.63) is 12.7 Å². The fraction of sp³-hybridized carbons (Fsp3) is 0.400. The van der Waals surface area contributed by atoms with Crippen LogP contribution in [0.4, 0.5) is 0 Å². The Morgan fingerprint density at radius 1 is 1.57 bits per heavy atom. The van der Waals surface area contributed by atoms with E-state index < -0.39 is 0 Å². The molecular formula is C5H10N2. The normalized spacial score (nSPS) is 9.43. The van der Waals surface area contributed by atoms with Crippen LogP contribution in [0.5, 0.6) is 0 Å². The summed E-state index contributed by atoms with van der Waals surface area (Å²) in [5.74, 6) is 0. The highest BCUT2D eigenvalue weighted by Crippen LogP contribution is 1.69. The van der Waals surface area contributed by atoms with Crippen LogP contribution in [0.15, 0.2) is 17.8 Å². The van der Waals surface area contributed by atoms with Crippen LogP contribution < -0.4 is 0 Å². The van der Waals surface area contributed by atoms with Gasteiger partial charge in [0.1, 0.15) is 0 Å². The lowest BCUT2D eigenvalue weighted by atomic mass is 10.7. The molecule has 0 aliphatic rings. The van der Waals surface area contributed by atoms with Gasteiger partial charge in [0, 0.05) is 20.3 Å². The molecule has 2 nitrogen and oxygen atoms in total. The van der Waals surface area contributed by atoms with Gasteiger partial charge in [-0.3, -0.25) is 0 Å². The van der Waals surface area contributed by atoms with E-state index in [9.17, 15) is 0 Å². The molecule has 0 amide bonds. The molecule has 0 aromatic heterocycles. The van der Waals surface area contributed by atoms with Crippen molar-refractivity contribution >= 4 is 6.21 Å². The first-order chi connectivity index (χ1) is 3.27. The van der Waals surface area contributed by atoms with Gasteiger partial charge < -0.3 is 5.01 Å². The third-order valence-corrected chi connectivity index (χ3v) is 0.403. The van der Waals surface area contributed by atoms with E-state index in [1.807, 2.05) is 14.1 Å². The van der Waals surface area contributed by atoms with E-state index in [2.05, 4.69) is 11.7 Å². The second-order valence-corrected chi connectivity index (χ2v) is 1.35. The summed E-state index contributed by atoms with van der Waals surface area (Å²) in [6.45, 7) is 3.46. The van der Waals surface area contributed by atoms with E-state index in [0.717, 1.165) is 0 Å². The van der Waals surface area contributed by atoms with E-state index in [0.29, 0.717) is 0 Å². The summed E-state index contributed by atoms with van der Waals surface area (Å²) >= 11 is 0. The molecule has 0 heterocycles. The van der Waals surface area contributed by atoms with Crippen LogP contribution in [0, 0.1) is 0 Å². The molecule has 0 fully saturated rings. The molecule has 2 heteroatoms. The van der Waals surface area contributed by atoms with Crippen LogP contribution in [0.1, 0.15) is 0 Å². The Morgan fingerprint density at radius 2 is 2.14 bits per heavy atom. The van der Waals surface area contributed by atoms with Crippen LogP contribution in [-0.2, 0) is 0 Å². The smallest absolute Gasteiger partial charge is 0.0464 e. The molecule has 0 rings (SSSR count). The highest BCUT2D eigenvalue weighted by atomic mass is 15.4. The van der Waals surface area contributed by atoms with Crippen LogP contribution in [0.2, 0.25) is 0 Å². The average molecular weight is 98.1 g/mol. The molecule has 7 heavy (non-hydrogen) atoms. The SMILES string of the molecule is C=C/C=N/N(C)C. The summed E-state index contributed by atoms with van der Waals surface area (Å²) in [4.78, 5) is 0. The molecule has 0 aliphatic heterocycles.